The average molecular weight is 415 g/mol. The normalized spacial score (nSPS) is 11.8. The SMILES string of the molecule is Cc1[nH]c2ccc(F)cc2c1Cc1cccnc1S(=O)(=O)c1ccc(Cl)cc1. The Morgan fingerprint density at radius 3 is 2.61 bits per heavy atom. The van der Waals surface area contributed by atoms with Crippen molar-refractivity contribution in [3.05, 3.63) is 88.5 Å². The molecule has 0 saturated heterocycles. The third-order valence-electron chi connectivity index (χ3n) is 4.68. The Morgan fingerprint density at radius 1 is 1.11 bits per heavy atom. The van der Waals surface area contributed by atoms with E-state index in [4.69, 9.17) is 11.6 Å². The maximum absolute atomic E-state index is 13.8. The molecule has 0 aliphatic rings. The quantitative estimate of drug-likeness (QED) is 0.506. The lowest BCUT2D eigenvalue weighted by molar-refractivity contribution is 0.591. The number of halogens is 2. The number of benzene rings is 2. The maximum Gasteiger partial charge on any atom is 0.224 e. The largest absolute Gasteiger partial charge is 0.358 e. The second-order valence-corrected chi connectivity index (χ2v) is 8.82. The molecule has 0 spiro atoms. The van der Waals surface area contributed by atoms with Gasteiger partial charge in [-0.25, -0.2) is 17.8 Å². The Bertz CT molecular complexity index is 1280. The van der Waals surface area contributed by atoms with E-state index in [0.29, 0.717) is 17.0 Å². The minimum absolute atomic E-state index is 0.0116. The van der Waals surface area contributed by atoms with Gasteiger partial charge in [-0.1, -0.05) is 17.7 Å². The number of hydrogen-bond donors (Lipinski definition) is 1. The molecule has 28 heavy (non-hydrogen) atoms. The van der Waals surface area contributed by atoms with Crippen LogP contribution in [0.3, 0.4) is 0 Å². The second-order valence-electron chi connectivity index (χ2n) is 6.52. The average Bonchev–Trinajstić information content (AvgIpc) is 2.97. The molecule has 2 heterocycles. The number of aryl methyl sites for hydroxylation is 1. The molecule has 0 atom stereocenters. The predicted octanol–water partition coefficient (Wildman–Crippen LogP) is 5.09. The van der Waals surface area contributed by atoms with Crippen LogP contribution in [0, 0.1) is 12.7 Å². The number of nitrogens with zero attached hydrogens (tertiary/aromatic N) is 1. The summed E-state index contributed by atoms with van der Waals surface area (Å²) in [6.07, 6.45) is 1.76. The molecule has 0 aliphatic carbocycles. The molecule has 0 amide bonds. The highest BCUT2D eigenvalue weighted by atomic mass is 35.5. The summed E-state index contributed by atoms with van der Waals surface area (Å²) in [5, 5.41) is 1.18. The predicted molar refractivity (Wildman–Crippen MR) is 107 cm³/mol. The molecule has 4 rings (SSSR count). The van der Waals surface area contributed by atoms with E-state index in [0.717, 1.165) is 22.2 Å². The molecule has 0 radical (unpaired) electrons. The lowest BCUT2D eigenvalue weighted by atomic mass is 10.0. The van der Waals surface area contributed by atoms with Crippen molar-refractivity contribution in [3.63, 3.8) is 0 Å². The van der Waals surface area contributed by atoms with E-state index in [1.807, 2.05) is 6.92 Å². The minimum atomic E-state index is -3.82. The molecule has 4 aromatic rings. The third kappa shape index (κ3) is 3.30. The van der Waals surface area contributed by atoms with E-state index in [9.17, 15) is 12.8 Å². The van der Waals surface area contributed by atoms with Crippen molar-refractivity contribution in [2.24, 2.45) is 0 Å². The van der Waals surface area contributed by atoms with Crippen LogP contribution in [0.15, 0.2) is 70.7 Å². The van der Waals surface area contributed by atoms with Crippen molar-refractivity contribution in [2.45, 2.75) is 23.3 Å². The van der Waals surface area contributed by atoms with E-state index in [1.54, 1.807) is 18.2 Å². The fourth-order valence-corrected chi connectivity index (χ4v) is 4.83. The van der Waals surface area contributed by atoms with Crippen LogP contribution in [0.5, 0.6) is 0 Å². The Hall–Kier alpha value is -2.70. The first kappa shape index (κ1) is 18.7. The zero-order chi connectivity index (χ0) is 19.9. The number of aromatic amines is 1. The van der Waals surface area contributed by atoms with Crippen LogP contribution in [0.4, 0.5) is 4.39 Å². The monoisotopic (exact) mass is 414 g/mol. The van der Waals surface area contributed by atoms with Crippen LogP contribution in [0.1, 0.15) is 16.8 Å². The van der Waals surface area contributed by atoms with Gasteiger partial charge in [-0.3, -0.25) is 0 Å². The van der Waals surface area contributed by atoms with Crippen LogP contribution in [-0.4, -0.2) is 18.4 Å². The first-order valence-corrected chi connectivity index (χ1v) is 10.4. The van der Waals surface area contributed by atoms with Crippen LogP contribution in [0.2, 0.25) is 5.02 Å². The lowest BCUT2D eigenvalue weighted by Crippen LogP contribution is -2.08. The summed E-state index contributed by atoms with van der Waals surface area (Å²) in [4.78, 5) is 7.49. The van der Waals surface area contributed by atoms with Crippen molar-refractivity contribution in [1.82, 2.24) is 9.97 Å². The van der Waals surface area contributed by atoms with Crippen molar-refractivity contribution < 1.29 is 12.8 Å². The number of hydrogen-bond acceptors (Lipinski definition) is 3. The van der Waals surface area contributed by atoms with Crippen molar-refractivity contribution in [2.75, 3.05) is 0 Å². The van der Waals surface area contributed by atoms with Gasteiger partial charge in [0.25, 0.3) is 0 Å². The number of sulfone groups is 1. The van der Waals surface area contributed by atoms with E-state index < -0.39 is 9.84 Å². The highest BCUT2D eigenvalue weighted by Crippen LogP contribution is 2.29. The van der Waals surface area contributed by atoms with E-state index in [1.165, 1.54) is 42.6 Å². The van der Waals surface area contributed by atoms with Gasteiger partial charge in [0, 0.05) is 34.2 Å². The second kappa shape index (κ2) is 7.04. The molecule has 7 heteroatoms. The highest BCUT2D eigenvalue weighted by molar-refractivity contribution is 7.91. The standard InChI is InChI=1S/C21H16ClFN2O2S/c1-13-18(19-12-16(23)6-9-20(19)25-13)11-14-3-2-10-24-21(14)28(26,27)17-7-4-15(22)5-8-17/h2-10,12,25H,11H2,1H3. The fraction of sp³-hybridized carbons (Fsp3) is 0.0952. The van der Waals surface area contributed by atoms with E-state index in [2.05, 4.69) is 9.97 Å². The Morgan fingerprint density at radius 2 is 1.86 bits per heavy atom. The van der Waals surface area contributed by atoms with Gasteiger partial charge in [0.2, 0.25) is 9.84 Å². The summed E-state index contributed by atoms with van der Waals surface area (Å²) < 4.78 is 40.0. The number of nitrogens with one attached hydrogen (secondary N) is 1. The molecule has 0 aliphatic heterocycles. The molecule has 0 fully saturated rings. The van der Waals surface area contributed by atoms with Crippen LogP contribution in [-0.2, 0) is 16.3 Å². The Labute approximate surface area is 166 Å². The van der Waals surface area contributed by atoms with Gasteiger partial charge in [0.05, 0.1) is 4.90 Å². The highest BCUT2D eigenvalue weighted by Gasteiger charge is 2.24. The van der Waals surface area contributed by atoms with Crippen LogP contribution >= 0.6 is 11.6 Å². The van der Waals surface area contributed by atoms with Gasteiger partial charge < -0.3 is 4.98 Å². The fourth-order valence-electron chi connectivity index (χ4n) is 3.30. The first-order valence-electron chi connectivity index (χ1n) is 8.57. The smallest absolute Gasteiger partial charge is 0.224 e. The van der Waals surface area contributed by atoms with Crippen LogP contribution in [0.25, 0.3) is 10.9 Å². The molecule has 4 nitrogen and oxygen atoms in total. The summed E-state index contributed by atoms with van der Waals surface area (Å²) in [6.45, 7) is 1.89. The van der Waals surface area contributed by atoms with Crippen molar-refractivity contribution in [1.29, 1.82) is 0 Å². The topological polar surface area (TPSA) is 62.8 Å². The summed E-state index contributed by atoms with van der Waals surface area (Å²) in [6, 6.07) is 13.9. The van der Waals surface area contributed by atoms with E-state index >= 15 is 0 Å². The Balaban J connectivity index is 1.83. The van der Waals surface area contributed by atoms with Gasteiger partial charge >= 0.3 is 0 Å². The molecule has 2 aromatic heterocycles. The number of pyridine rings is 1. The van der Waals surface area contributed by atoms with Crippen molar-refractivity contribution >= 4 is 32.3 Å². The van der Waals surface area contributed by atoms with Gasteiger partial charge in [0.1, 0.15) is 5.82 Å². The maximum atomic E-state index is 13.8. The lowest BCUT2D eigenvalue weighted by Gasteiger charge is -2.10. The molecule has 0 bridgehead atoms. The number of rotatable bonds is 4. The Kier molecular flexibility index (Phi) is 4.69. The summed E-state index contributed by atoms with van der Waals surface area (Å²) in [7, 11) is -3.82. The number of aromatic nitrogens is 2. The molecule has 2 aromatic carbocycles. The molecule has 1 N–H and O–H groups in total. The van der Waals surface area contributed by atoms with Crippen molar-refractivity contribution in [3.8, 4) is 0 Å². The molecule has 0 saturated carbocycles. The van der Waals surface area contributed by atoms with Gasteiger partial charge in [-0.2, -0.15) is 0 Å². The third-order valence-corrected chi connectivity index (χ3v) is 6.70. The minimum Gasteiger partial charge on any atom is -0.358 e. The summed E-state index contributed by atoms with van der Waals surface area (Å²) in [5.74, 6) is -0.340. The van der Waals surface area contributed by atoms with Gasteiger partial charge in [-0.05, 0) is 66.6 Å². The number of fused-ring (bicyclic) bond motifs is 1. The molecule has 142 valence electrons. The van der Waals surface area contributed by atoms with Crippen LogP contribution < -0.4 is 0 Å². The van der Waals surface area contributed by atoms with Gasteiger partial charge in [0.15, 0.2) is 5.03 Å². The number of H-pyrrole nitrogens is 1. The zero-order valence-corrected chi connectivity index (χ0v) is 16.5. The molecular formula is C21H16ClFN2O2S. The summed E-state index contributed by atoms with van der Waals surface area (Å²) >= 11 is 5.87. The van der Waals surface area contributed by atoms with Gasteiger partial charge in [-0.15, -0.1) is 0 Å². The molecule has 0 unspecified atom stereocenters. The molecular weight excluding hydrogens is 399 g/mol. The van der Waals surface area contributed by atoms with E-state index in [-0.39, 0.29) is 15.7 Å². The summed E-state index contributed by atoms with van der Waals surface area (Å²) in [5.41, 5.74) is 3.06. The first-order chi connectivity index (χ1) is 13.4. The zero-order valence-electron chi connectivity index (χ0n) is 14.9.